The van der Waals surface area contributed by atoms with E-state index in [-0.39, 0.29) is 12.5 Å². The van der Waals surface area contributed by atoms with Crippen LogP contribution in [0.3, 0.4) is 0 Å². The Labute approximate surface area is 91.8 Å². The van der Waals surface area contributed by atoms with Gasteiger partial charge in [0, 0.05) is 13.1 Å². The van der Waals surface area contributed by atoms with Gasteiger partial charge in [-0.15, -0.1) is 6.58 Å². The number of hydrogen-bond acceptors (Lipinski definition) is 3. The van der Waals surface area contributed by atoms with Crippen LogP contribution in [-0.2, 0) is 4.79 Å². The Hall–Kier alpha value is -0.870. The highest BCUT2D eigenvalue weighted by molar-refractivity contribution is 5.78. The van der Waals surface area contributed by atoms with Crippen LogP contribution in [-0.4, -0.2) is 36.2 Å². The molecule has 4 heteroatoms. The minimum Gasteiger partial charge on any atom is -0.388 e. The Morgan fingerprint density at radius 2 is 2.27 bits per heavy atom. The second kappa shape index (κ2) is 7.43. The lowest BCUT2D eigenvalue weighted by molar-refractivity contribution is -0.121. The molecule has 0 saturated heterocycles. The number of rotatable bonds is 8. The van der Waals surface area contributed by atoms with Crippen LogP contribution in [0.15, 0.2) is 12.7 Å². The summed E-state index contributed by atoms with van der Waals surface area (Å²) in [4.78, 5) is 11.2. The molecule has 0 aliphatic heterocycles. The molecule has 0 spiro atoms. The van der Waals surface area contributed by atoms with E-state index in [0.717, 1.165) is 6.42 Å². The number of hydrogen-bond donors (Lipinski definition) is 3. The van der Waals surface area contributed by atoms with Crippen molar-refractivity contribution < 1.29 is 9.90 Å². The highest BCUT2D eigenvalue weighted by Crippen LogP contribution is 2.09. The van der Waals surface area contributed by atoms with Crippen LogP contribution in [0.4, 0.5) is 0 Å². The zero-order valence-corrected chi connectivity index (χ0v) is 9.68. The van der Waals surface area contributed by atoms with Crippen molar-refractivity contribution in [3.63, 3.8) is 0 Å². The van der Waals surface area contributed by atoms with Crippen molar-refractivity contribution in [3.8, 4) is 0 Å². The van der Waals surface area contributed by atoms with E-state index in [1.54, 1.807) is 13.0 Å². The van der Waals surface area contributed by atoms with Crippen molar-refractivity contribution in [1.82, 2.24) is 10.6 Å². The molecule has 15 heavy (non-hydrogen) atoms. The van der Waals surface area contributed by atoms with Gasteiger partial charge < -0.3 is 15.7 Å². The average Bonchev–Trinajstić information content (AvgIpc) is 2.15. The van der Waals surface area contributed by atoms with E-state index in [1.165, 1.54) is 0 Å². The molecule has 0 aromatic carbocycles. The standard InChI is InChI=1S/C11H22N2O2/c1-4-6-11(3,15)9-13-10(14)8-12-7-5-2/h5,12,15H,2,4,6-9H2,1,3H3,(H,13,14). The third-order valence-corrected chi connectivity index (χ3v) is 2.03. The summed E-state index contributed by atoms with van der Waals surface area (Å²) in [6.07, 6.45) is 3.28. The fourth-order valence-electron chi connectivity index (χ4n) is 1.27. The summed E-state index contributed by atoms with van der Waals surface area (Å²) in [5, 5.41) is 15.4. The molecule has 88 valence electrons. The fraction of sp³-hybridized carbons (Fsp3) is 0.727. The van der Waals surface area contributed by atoms with E-state index in [9.17, 15) is 9.90 Å². The highest BCUT2D eigenvalue weighted by atomic mass is 16.3. The van der Waals surface area contributed by atoms with Gasteiger partial charge in [-0.1, -0.05) is 19.4 Å². The average molecular weight is 214 g/mol. The van der Waals surface area contributed by atoms with Crippen LogP contribution in [0.1, 0.15) is 26.7 Å². The number of amides is 1. The predicted octanol–water partition coefficient (Wildman–Crippen LogP) is 0.429. The van der Waals surface area contributed by atoms with Gasteiger partial charge in [0.1, 0.15) is 0 Å². The Morgan fingerprint density at radius 3 is 2.80 bits per heavy atom. The summed E-state index contributed by atoms with van der Waals surface area (Å²) in [5.41, 5.74) is -0.803. The Morgan fingerprint density at radius 1 is 1.60 bits per heavy atom. The summed E-state index contributed by atoms with van der Waals surface area (Å²) < 4.78 is 0. The van der Waals surface area contributed by atoms with E-state index < -0.39 is 5.60 Å². The largest absolute Gasteiger partial charge is 0.388 e. The molecule has 0 heterocycles. The first kappa shape index (κ1) is 14.1. The first-order chi connectivity index (χ1) is 7.02. The van der Waals surface area contributed by atoms with Gasteiger partial charge in [0.2, 0.25) is 5.91 Å². The molecule has 0 rings (SSSR count). The Kier molecular flexibility index (Phi) is 6.99. The summed E-state index contributed by atoms with van der Waals surface area (Å²) in [7, 11) is 0. The van der Waals surface area contributed by atoms with Gasteiger partial charge in [-0.05, 0) is 13.3 Å². The van der Waals surface area contributed by atoms with Crippen molar-refractivity contribution in [1.29, 1.82) is 0 Å². The SMILES string of the molecule is C=CCNCC(=O)NCC(C)(O)CCC. The van der Waals surface area contributed by atoms with Crippen molar-refractivity contribution in [2.45, 2.75) is 32.3 Å². The van der Waals surface area contributed by atoms with Gasteiger partial charge in [-0.25, -0.2) is 0 Å². The number of carbonyl (C=O) groups is 1. The first-order valence-electron chi connectivity index (χ1n) is 5.32. The molecular formula is C11H22N2O2. The van der Waals surface area contributed by atoms with Crippen LogP contribution in [0, 0.1) is 0 Å². The van der Waals surface area contributed by atoms with Crippen LogP contribution in [0.25, 0.3) is 0 Å². The molecular weight excluding hydrogens is 192 g/mol. The van der Waals surface area contributed by atoms with Crippen molar-refractivity contribution >= 4 is 5.91 Å². The van der Waals surface area contributed by atoms with E-state index in [4.69, 9.17) is 0 Å². The maximum atomic E-state index is 11.2. The van der Waals surface area contributed by atoms with Gasteiger partial charge in [0.05, 0.1) is 12.1 Å². The lowest BCUT2D eigenvalue weighted by Crippen LogP contribution is -2.43. The lowest BCUT2D eigenvalue weighted by atomic mass is 10.0. The molecule has 1 unspecified atom stereocenters. The van der Waals surface area contributed by atoms with E-state index in [1.807, 2.05) is 6.92 Å². The number of carbonyl (C=O) groups excluding carboxylic acids is 1. The minimum atomic E-state index is -0.803. The molecule has 0 aromatic heterocycles. The molecule has 0 aliphatic carbocycles. The molecule has 1 atom stereocenters. The molecule has 1 amide bonds. The minimum absolute atomic E-state index is 0.103. The Balaban J connectivity index is 3.65. The molecule has 0 aromatic rings. The molecule has 0 fully saturated rings. The second-order valence-corrected chi connectivity index (χ2v) is 3.94. The van der Waals surface area contributed by atoms with E-state index >= 15 is 0 Å². The third kappa shape index (κ3) is 8.15. The van der Waals surface area contributed by atoms with Gasteiger partial charge >= 0.3 is 0 Å². The molecule has 0 bridgehead atoms. The molecule has 4 nitrogen and oxygen atoms in total. The maximum absolute atomic E-state index is 11.2. The van der Waals surface area contributed by atoms with Crippen LogP contribution in [0.5, 0.6) is 0 Å². The third-order valence-electron chi connectivity index (χ3n) is 2.03. The summed E-state index contributed by atoms with van der Waals surface area (Å²) in [6, 6.07) is 0. The van der Waals surface area contributed by atoms with Crippen LogP contribution >= 0.6 is 0 Å². The quantitative estimate of drug-likeness (QED) is 0.405. The number of aliphatic hydroxyl groups is 1. The maximum Gasteiger partial charge on any atom is 0.234 e. The zero-order valence-electron chi connectivity index (χ0n) is 9.68. The van der Waals surface area contributed by atoms with E-state index in [0.29, 0.717) is 19.5 Å². The smallest absolute Gasteiger partial charge is 0.234 e. The monoisotopic (exact) mass is 214 g/mol. The summed E-state index contributed by atoms with van der Waals surface area (Å²) in [5.74, 6) is -0.103. The first-order valence-corrected chi connectivity index (χ1v) is 5.32. The van der Waals surface area contributed by atoms with Crippen molar-refractivity contribution in [3.05, 3.63) is 12.7 Å². The van der Waals surface area contributed by atoms with Gasteiger partial charge in [0.15, 0.2) is 0 Å². The molecule has 0 radical (unpaired) electrons. The van der Waals surface area contributed by atoms with Crippen molar-refractivity contribution in [2.24, 2.45) is 0 Å². The Bertz CT molecular complexity index is 203. The lowest BCUT2D eigenvalue weighted by Gasteiger charge is -2.22. The van der Waals surface area contributed by atoms with Gasteiger partial charge in [-0.2, -0.15) is 0 Å². The van der Waals surface area contributed by atoms with Crippen LogP contribution in [0.2, 0.25) is 0 Å². The molecule has 0 saturated carbocycles. The van der Waals surface area contributed by atoms with Gasteiger partial charge in [0.25, 0.3) is 0 Å². The summed E-state index contributed by atoms with van der Waals surface area (Å²) in [6.45, 7) is 8.43. The summed E-state index contributed by atoms with van der Waals surface area (Å²) >= 11 is 0. The molecule has 0 aliphatic rings. The highest BCUT2D eigenvalue weighted by Gasteiger charge is 2.19. The second-order valence-electron chi connectivity index (χ2n) is 3.94. The normalized spacial score (nSPS) is 14.3. The van der Waals surface area contributed by atoms with E-state index in [2.05, 4.69) is 17.2 Å². The van der Waals surface area contributed by atoms with Crippen LogP contribution < -0.4 is 10.6 Å². The van der Waals surface area contributed by atoms with Crippen molar-refractivity contribution in [2.75, 3.05) is 19.6 Å². The fourth-order valence-corrected chi connectivity index (χ4v) is 1.27. The zero-order chi connectivity index (χ0) is 11.7. The predicted molar refractivity (Wildman–Crippen MR) is 61.6 cm³/mol. The number of nitrogens with one attached hydrogen (secondary N) is 2. The topological polar surface area (TPSA) is 61.4 Å². The van der Waals surface area contributed by atoms with Gasteiger partial charge in [-0.3, -0.25) is 4.79 Å². The molecule has 3 N–H and O–H groups in total.